The Hall–Kier alpha value is -1.23. The minimum atomic E-state index is -3.76. The average Bonchev–Trinajstić information content (AvgIpc) is 2.34. The number of carbonyl (C=O) groups is 1. The van der Waals surface area contributed by atoms with Crippen LogP contribution >= 0.6 is 15.9 Å². The average molecular weight is 352 g/mol. The minimum absolute atomic E-state index is 0.0372. The van der Waals surface area contributed by atoms with Crippen molar-refractivity contribution in [1.29, 1.82) is 0 Å². The van der Waals surface area contributed by atoms with E-state index in [0.717, 1.165) is 0 Å². The summed E-state index contributed by atoms with van der Waals surface area (Å²) in [5, 5.41) is 2.48. The van der Waals surface area contributed by atoms with Crippen LogP contribution in [-0.2, 0) is 14.8 Å². The molecule has 1 aromatic heterocycles. The summed E-state index contributed by atoms with van der Waals surface area (Å²) < 4.78 is 26.9. The van der Waals surface area contributed by atoms with E-state index < -0.39 is 10.0 Å². The van der Waals surface area contributed by atoms with Gasteiger partial charge in [0.25, 0.3) is 0 Å². The highest BCUT2D eigenvalue weighted by atomic mass is 79.9. The number of hydrogen-bond donors (Lipinski definition) is 4. The van der Waals surface area contributed by atoms with Crippen molar-refractivity contribution in [2.75, 3.05) is 18.5 Å². The Morgan fingerprint density at radius 1 is 1.47 bits per heavy atom. The zero-order chi connectivity index (χ0) is 14.5. The predicted octanol–water partition coefficient (Wildman–Crippen LogP) is -0.456. The number of anilines is 1. The maximum Gasteiger partial charge on any atom is 0.244 e. The maximum absolute atomic E-state index is 12.0. The molecule has 0 aliphatic rings. The molecule has 5 N–H and O–H groups in total. The molecule has 0 saturated heterocycles. The third-order valence-electron chi connectivity index (χ3n) is 2.04. The summed E-state index contributed by atoms with van der Waals surface area (Å²) in [6, 6.07) is 1.38. The second kappa shape index (κ2) is 6.80. The Morgan fingerprint density at radius 3 is 2.74 bits per heavy atom. The number of nitrogens with one attached hydrogen (secondary N) is 3. The van der Waals surface area contributed by atoms with Gasteiger partial charge < -0.3 is 10.7 Å². The van der Waals surface area contributed by atoms with Crippen molar-refractivity contribution in [2.45, 2.75) is 11.8 Å². The van der Waals surface area contributed by atoms with Crippen molar-refractivity contribution in [3.05, 3.63) is 16.7 Å². The van der Waals surface area contributed by atoms with Gasteiger partial charge in [-0.3, -0.25) is 4.79 Å². The molecular formula is C9H14BrN5O3S. The fourth-order valence-corrected chi connectivity index (χ4v) is 2.89. The number of amides is 1. The van der Waals surface area contributed by atoms with Crippen LogP contribution in [0.25, 0.3) is 0 Å². The van der Waals surface area contributed by atoms with E-state index in [4.69, 9.17) is 5.84 Å². The fourth-order valence-electron chi connectivity index (χ4n) is 1.24. The first-order valence-electron chi connectivity index (χ1n) is 5.23. The largest absolute Gasteiger partial charge is 0.355 e. The molecule has 0 unspecified atom stereocenters. The summed E-state index contributed by atoms with van der Waals surface area (Å²) in [7, 11) is -3.76. The molecule has 0 atom stereocenters. The van der Waals surface area contributed by atoms with Gasteiger partial charge >= 0.3 is 0 Å². The monoisotopic (exact) mass is 351 g/mol. The molecule has 1 aromatic rings. The van der Waals surface area contributed by atoms with E-state index in [-0.39, 0.29) is 29.7 Å². The summed E-state index contributed by atoms with van der Waals surface area (Å²) in [5.74, 6) is 5.02. The second-order valence-electron chi connectivity index (χ2n) is 3.53. The number of sulfonamides is 1. The third-order valence-corrected chi connectivity index (χ3v) is 3.94. The summed E-state index contributed by atoms with van der Waals surface area (Å²) in [6.07, 6.45) is 1.42. The van der Waals surface area contributed by atoms with Gasteiger partial charge in [-0.1, -0.05) is 0 Å². The molecule has 106 valence electrons. The first-order valence-corrected chi connectivity index (χ1v) is 7.50. The molecule has 1 heterocycles. The summed E-state index contributed by atoms with van der Waals surface area (Å²) in [5.41, 5.74) is 2.22. The lowest BCUT2D eigenvalue weighted by Gasteiger charge is -2.10. The molecule has 0 aliphatic heterocycles. The Balaban J connectivity index is 2.82. The predicted molar refractivity (Wildman–Crippen MR) is 73.6 cm³/mol. The molecule has 19 heavy (non-hydrogen) atoms. The van der Waals surface area contributed by atoms with Crippen LogP contribution in [0.4, 0.5) is 5.82 Å². The lowest BCUT2D eigenvalue weighted by molar-refractivity contribution is -0.118. The van der Waals surface area contributed by atoms with Crippen LogP contribution in [0.2, 0.25) is 0 Å². The van der Waals surface area contributed by atoms with Crippen LogP contribution in [0.3, 0.4) is 0 Å². The zero-order valence-corrected chi connectivity index (χ0v) is 12.5. The molecule has 0 saturated carbocycles. The number of hydrogen-bond acceptors (Lipinski definition) is 6. The number of carbonyl (C=O) groups excluding carboxylic acids is 1. The lowest BCUT2D eigenvalue weighted by Crippen LogP contribution is -2.34. The minimum Gasteiger partial charge on any atom is -0.355 e. The first kappa shape index (κ1) is 15.8. The number of hydrazine groups is 1. The van der Waals surface area contributed by atoms with Gasteiger partial charge in [-0.05, 0) is 22.0 Å². The highest BCUT2D eigenvalue weighted by molar-refractivity contribution is 9.10. The SMILES string of the molecule is CC(=O)NCCNS(=O)(=O)c1cc(Br)cnc1NN. The Labute approximate surface area is 119 Å². The van der Waals surface area contributed by atoms with Crippen LogP contribution < -0.4 is 21.3 Å². The summed E-state index contributed by atoms with van der Waals surface area (Å²) in [6.45, 7) is 1.61. The molecule has 8 nitrogen and oxygen atoms in total. The topological polar surface area (TPSA) is 126 Å². The third kappa shape index (κ3) is 4.74. The molecular weight excluding hydrogens is 338 g/mol. The molecule has 0 spiro atoms. The highest BCUT2D eigenvalue weighted by Crippen LogP contribution is 2.21. The number of halogens is 1. The van der Waals surface area contributed by atoms with Gasteiger partial charge in [0.15, 0.2) is 5.82 Å². The van der Waals surface area contributed by atoms with Gasteiger partial charge in [0, 0.05) is 30.7 Å². The van der Waals surface area contributed by atoms with E-state index in [1.807, 2.05) is 0 Å². The van der Waals surface area contributed by atoms with E-state index in [9.17, 15) is 13.2 Å². The van der Waals surface area contributed by atoms with Gasteiger partial charge in [-0.2, -0.15) is 0 Å². The van der Waals surface area contributed by atoms with Gasteiger partial charge in [-0.15, -0.1) is 0 Å². The fraction of sp³-hybridized carbons (Fsp3) is 0.333. The van der Waals surface area contributed by atoms with Gasteiger partial charge in [0.05, 0.1) is 0 Å². The van der Waals surface area contributed by atoms with Gasteiger partial charge in [0.2, 0.25) is 15.9 Å². The van der Waals surface area contributed by atoms with Crippen molar-refractivity contribution in [2.24, 2.45) is 5.84 Å². The van der Waals surface area contributed by atoms with Crippen LogP contribution in [0, 0.1) is 0 Å². The Kier molecular flexibility index (Phi) is 5.66. The molecule has 0 aromatic carbocycles. The molecule has 10 heteroatoms. The van der Waals surface area contributed by atoms with E-state index in [2.05, 4.69) is 36.4 Å². The molecule has 1 amide bonds. The summed E-state index contributed by atoms with van der Waals surface area (Å²) >= 11 is 3.14. The zero-order valence-electron chi connectivity index (χ0n) is 10.1. The summed E-state index contributed by atoms with van der Waals surface area (Å²) in [4.78, 5) is 14.4. The lowest BCUT2D eigenvalue weighted by atomic mass is 10.5. The van der Waals surface area contributed by atoms with Crippen LogP contribution in [0.15, 0.2) is 21.6 Å². The van der Waals surface area contributed by atoms with E-state index in [1.54, 1.807) is 0 Å². The van der Waals surface area contributed by atoms with Crippen molar-refractivity contribution in [1.82, 2.24) is 15.0 Å². The smallest absolute Gasteiger partial charge is 0.244 e. The van der Waals surface area contributed by atoms with Gasteiger partial charge in [-0.25, -0.2) is 24.0 Å². The number of rotatable bonds is 6. The second-order valence-corrected chi connectivity index (χ2v) is 6.18. The highest BCUT2D eigenvalue weighted by Gasteiger charge is 2.19. The molecule has 0 radical (unpaired) electrons. The Morgan fingerprint density at radius 2 is 2.16 bits per heavy atom. The number of aromatic nitrogens is 1. The number of nitrogen functional groups attached to an aromatic ring is 1. The molecule has 1 rings (SSSR count). The van der Waals surface area contributed by atoms with Crippen molar-refractivity contribution in [3.8, 4) is 0 Å². The van der Waals surface area contributed by atoms with Crippen LogP contribution in [-0.4, -0.2) is 32.4 Å². The van der Waals surface area contributed by atoms with Crippen molar-refractivity contribution in [3.63, 3.8) is 0 Å². The standard InChI is InChI=1S/C9H14BrN5O3S/c1-6(16)12-2-3-14-19(17,18)8-4-7(10)5-13-9(8)15-11/h4-5,14H,2-3,11H2,1H3,(H,12,16)(H,13,15). The molecule has 0 aliphatic carbocycles. The number of nitrogens with two attached hydrogens (primary N) is 1. The van der Waals surface area contributed by atoms with Crippen molar-refractivity contribution >= 4 is 37.7 Å². The molecule has 0 fully saturated rings. The van der Waals surface area contributed by atoms with E-state index in [1.165, 1.54) is 19.2 Å². The molecule has 0 bridgehead atoms. The van der Waals surface area contributed by atoms with Gasteiger partial charge in [0.1, 0.15) is 4.90 Å². The normalized spacial score (nSPS) is 11.1. The van der Waals surface area contributed by atoms with Crippen LogP contribution in [0.5, 0.6) is 0 Å². The Bertz CT molecular complexity index is 563. The quantitative estimate of drug-likeness (QED) is 0.312. The first-order chi connectivity index (χ1) is 8.86. The maximum atomic E-state index is 12.0. The number of nitrogens with zero attached hydrogens (tertiary/aromatic N) is 1. The van der Waals surface area contributed by atoms with E-state index >= 15 is 0 Å². The van der Waals surface area contributed by atoms with Crippen molar-refractivity contribution < 1.29 is 13.2 Å². The number of pyridine rings is 1. The van der Waals surface area contributed by atoms with Crippen LogP contribution in [0.1, 0.15) is 6.92 Å². The van der Waals surface area contributed by atoms with E-state index in [0.29, 0.717) is 4.47 Å².